The van der Waals surface area contributed by atoms with Crippen molar-refractivity contribution in [1.82, 2.24) is 0 Å². The highest BCUT2D eigenvalue weighted by Gasteiger charge is 2.38. The number of anilines is 2. The van der Waals surface area contributed by atoms with E-state index in [-0.39, 0.29) is 32.5 Å². The number of rotatable bonds is 3. The Hall–Kier alpha value is -1.76. The summed E-state index contributed by atoms with van der Waals surface area (Å²) < 4.78 is 28.3. The number of carbonyl (C=O) groups excluding carboxylic acids is 1. The molecule has 0 bridgehead atoms. The summed E-state index contributed by atoms with van der Waals surface area (Å²) in [6.07, 6.45) is 1.57. The van der Waals surface area contributed by atoms with E-state index in [1.807, 2.05) is 6.92 Å². The quantitative estimate of drug-likeness (QED) is 0.824. The lowest BCUT2D eigenvalue weighted by atomic mass is 9.97. The summed E-state index contributed by atoms with van der Waals surface area (Å²) in [7, 11) is -3.86. The predicted molar refractivity (Wildman–Crippen MR) is 103 cm³/mol. The van der Waals surface area contributed by atoms with Gasteiger partial charge in [0.05, 0.1) is 32.2 Å². The minimum absolute atomic E-state index is 0.0290. The van der Waals surface area contributed by atoms with E-state index in [0.717, 1.165) is 29.7 Å². The molecule has 0 radical (unpaired) electrons. The van der Waals surface area contributed by atoms with Gasteiger partial charge in [-0.15, -0.1) is 0 Å². The van der Waals surface area contributed by atoms with Crippen molar-refractivity contribution in [2.24, 2.45) is 0 Å². The molecule has 5 nitrogen and oxygen atoms in total. The first-order chi connectivity index (χ1) is 12.3. The first-order valence-electron chi connectivity index (χ1n) is 8.24. The van der Waals surface area contributed by atoms with Crippen molar-refractivity contribution in [2.75, 3.05) is 16.2 Å². The Bertz CT molecular complexity index is 1040. The van der Waals surface area contributed by atoms with E-state index >= 15 is 0 Å². The second-order valence-electron chi connectivity index (χ2n) is 6.54. The molecule has 1 N–H and O–H groups in total. The number of amides is 1. The molecular formula is C18H16Cl2N2O3S. The molecule has 0 fully saturated rings. The molecule has 1 unspecified atom stereocenters. The average molecular weight is 411 g/mol. The summed E-state index contributed by atoms with van der Waals surface area (Å²) in [6.45, 7) is 2.50. The van der Waals surface area contributed by atoms with Crippen LogP contribution in [-0.2, 0) is 21.2 Å². The van der Waals surface area contributed by atoms with Crippen LogP contribution < -0.4 is 9.62 Å². The zero-order chi connectivity index (χ0) is 18.6. The first-order valence-corrected chi connectivity index (χ1v) is 10.5. The lowest BCUT2D eigenvalue weighted by Gasteiger charge is -2.26. The van der Waals surface area contributed by atoms with Crippen LogP contribution in [0, 0.1) is 0 Å². The largest absolute Gasteiger partial charge is 0.311 e. The highest BCUT2D eigenvalue weighted by atomic mass is 35.5. The number of carbonyl (C=O) groups is 1. The number of hydrogen-bond donors (Lipinski definition) is 1. The zero-order valence-electron chi connectivity index (χ0n) is 13.9. The number of hydrogen-bond acceptors (Lipinski definition) is 3. The molecule has 2 aromatic carbocycles. The van der Waals surface area contributed by atoms with Crippen LogP contribution in [0.1, 0.15) is 30.4 Å². The van der Waals surface area contributed by atoms with Crippen molar-refractivity contribution in [2.45, 2.75) is 30.6 Å². The second-order valence-corrected chi connectivity index (χ2v) is 9.01. The molecule has 1 amide bonds. The Labute approximate surface area is 162 Å². The zero-order valence-corrected chi connectivity index (χ0v) is 16.2. The van der Waals surface area contributed by atoms with Crippen LogP contribution in [0.2, 0.25) is 10.0 Å². The normalized spacial score (nSPS) is 18.8. The minimum atomic E-state index is -3.86. The smallest absolute Gasteiger partial charge is 0.261 e. The number of nitrogens with zero attached hydrogens (tertiary/aromatic N) is 1. The number of nitrogens with one attached hydrogen (secondary N) is 1. The van der Waals surface area contributed by atoms with Gasteiger partial charge in [0.15, 0.2) is 0 Å². The molecule has 2 aromatic rings. The third-order valence-electron chi connectivity index (χ3n) is 4.90. The van der Waals surface area contributed by atoms with Gasteiger partial charge in [0, 0.05) is 6.54 Å². The molecule has 0 spiro atoms. The van der Waals surface area contributed by atoms with Crippen LogP contribution in [0.3, 0.4) is 0 Å². The van der Waals surface area contributed by atoms with Crippen molar-refractivity contribution < 1.29 is 13.2 Å². The van der Waals surface area contributed by atoms with E-state index in [9.17, 15) is 13.2 Å². The molecule has 2 aliphatic heterocycles. The Morgan fingerprint density at radius 2 is 2.00 bits per heavy atom. The van der Waals surface area contributed by atoms with Gasteiger partial charge < -0.3 is 4.90 Å². The standard InChI is InChI=1S/C18H16Cl2N2O3S/c1-10-13-9-12(8-11-4-3-7-22(17(11)13)18(10)23)26(24,25)21-15-6-2-5-14(19)16(15)20/h2,5-6,8-10,21H,3-4,7H2,1H3. The molecule has 0 aliphatic carbocycles. The summed E-state index contributed by atoms with van der Waals surface area (Å²) in [6, 6.07) is 8.00. The molecule has 4 rings (SSSR count). The van der Waals surface area contributed by atoms with E-state index in [0.29, 0.717) is 6.54 Å². The van der Waals surface area contributed by atoms with Crippen molar-refractivity contribution in [3.8, 4) is 0 Å². The molecule has 0 saturated carbocycles. The fraction of sp³-hybridized carbons (Fsp3) is 0.278. The lowest BCUT2D eigenvalue weighted by Crippen LogP contribution is -2.32. The summed E-state index contributed by atoms with van der Waals surface area (Å²) in [5.41, 5.74) is 2.77. The van der Waals surface area contributed by atoms with Gasteiger partial charge in [-0.3, -0.25) is 9.52 Å². The molecule has 8 heteroatoms. The van der Waals surface area contributed by atoms with Crippen LogP contribution in [0.5, 0.6) is 0 Å². The number of halogens is 2. The van der Waals surface area contributed by atoms with Gasteiger partial charge in [-0.1, -0.05) is 29.3 Å². The van der Waals surface area contributed by atoms with Gasteiger partial charge in [-0.25, -0.2) is 8.42 Å². The van der Waals surface area contributed by atoms with E-state index in [1.165, 1.54) is 0 Å². The van der Waals surface area contributed by atoms with Gasteiger partial charge in [-0.2, -0.15) is 0 Å². The van der Waals surface area contributed by atoms with Crippen LogP contribution in [0.15, 0.2) is 35.2 Å². The summed E-state index contributed by atoms with van der Waals surface area (Å²) in [5, 5.41) is 0.417. The Kier molecular flexibility index (Phi) is 4.17. The van der Waals surface area contributed by atoms with E-state index in [4.69, 9.17) is 23.2 Å². The topological polar surface area (TPSA) is 66.5 Å². The molecular weight excluding hydrogens is 395 g/mol. The maximum absolute atomic E-state index is 12.9. The third-order valence-corrected chi connectivity index (χ3v) is 7.06. The van der Waals surface area contributed by atoms with Crippen molar-refractivity contribution >= 4 is 50.5 Å². The second kappa shape index (κ2) is 6.15. The highest BCUT2D eigenvalue weighted by Crippen LogP contribution is 2.44. The number of sulfonamides is 1. The molecule has 0 aromatic heterocycles. The van der Waals surface area contributed by atoms with E-state index in [2.05, 4.69) is 4.72 Å². The molecule has 1 atom stereocenters. The van der Waals surface area contributed by atoms with Crippen molar-refractivity contribution in [1.29, 1.82) is 0 Å². The molecule has 0 saturated heterocycles. The summed E-state index contributed by atoms with van der Waals surface area (Å²) in [5.74, 6) is -0.312. The first kappa shape index (κ1) is 17.6. The van der Waals surface area contributed by atoms with Crippen LogP contribution in [-0.4, -0.2) is 20.9 Å². The summed E-state index contributed by atoms with van der Waals surface area (Å²) in [4.78, 5) is 14.3. The average Bonchev–Trinajstić information content (AvgIpc) is 2.86. The Balaban J connectivity index is 1.79. The van der Waals surface area contributed by atoms with E-state index in [1.54, 1.807) is 35.2 Å². The number of aryl methyl sites for hydroxylation is 1. The van der Waals surface area contributed by atoms with Crippen LogP contribution in [0.4, 0.5) is 11.4 Å². The maximum atomic E-state index is 12.9. The Morgan fingerprint density at radius 1 is 1.23 bits per heavy atom. The molecule has 26 heavy (non-hydrogen) atoms. The molecule has 2 heterocycles. The van der Waals surface area contributed by atoms with Crippen molar-refractivity contribution in [3.05, 3.63) is 51.5 Å². The molecule has 136 valence electrons. The third kappa shape index (κ3) is 2.68. The van der Waals surface area contributed by atoms with Gasteiger partial charge in [0.25, 0.3) is 10.0 Å². The van der Waals surface area contributed by atoms with E-state index < -0.39 is 10.0 Å². The van der Waals surface area contributed by atoms with Crippen molar-refractivity contribution in [3.63, 3.8) is 0 Å². The van der Waals surface area contributed by atoms with Gasteiger partial charge >= 0.3 is 0 Å². The lowest BCUT2D eigenvalue weighted by molar-refractivity contribution is -0.119. The highest BCUT2D eigenvalue weighted by molar-refractivity contribution is 7.92. The van der Waals surface area contributed by atoms with Crippen LogP contribution in [0.25, 0.3) is 0 Å². The summed E-state index contributed by atoms with van der Waals surface area (Å²) >= 11 is 12.1. The van der Waals surface area contributed by atoms with Gasteiger partial charge in [0.2, 0.25) is 5.91 Å². The molecule has 2 aliphatic rings. The maximum Gasteiger partial charge on any atom is 0.261 e. The van der Waals surface area contributed by atoms with Gasteiger partial charge in [-0.05, 0) is 55.2 Å². The minimum Gasteiger partial charge on any atom is -0.311 e. The Morgan fingerprint density at radius 3 is 2.77 bits per heavy atom. The SMILES string of the molecule is CC1C(=O)N2CCCc3cc(S(=O)(=O)Nc4cccc(Cl)c4Cl)cc1c32. The van der Waals surface area contributed by atoms with Crippen LogP contribution >= 0.6 is 23.2 Å². The fourth-order valence-corrected chi connectivity index (χ4v) is 5.17. The fourth-order valence-electron chi connectivity index (χ4n) is 3.61. The van der Waals surface area contributed by atoms with Gasteiger partial charge in [0.1, 0.15) is 0 Å². The predicted octanol–water partition coefficient (Wildman–Crippen LogP) is 4.19. The number of benzene rings is 2. The monoisotopic (exact) mass is 410 g/mol.